The lowest BCUT2D eigenvalue weighted by molar-refractivity contribution is 0.157. The number of aliphatic hydroxyl groups is 2. The Kier molecular flexibility index (Phi) is 4.63. The Bertz CT molecular complexity index is 993. The van der Waals surface area contributed by atoms with E-state index in [1.807, 2.05) is 13.0 Å². The van der Waals surface area contributed by atoms with Crippen LogP contribution in [0, 0.1) is 12.8 Å². The van der Waals surface area contributed by atoms with Crippen molar-refractivity contribution in [3.8, 4) is 11.3 Å². The van der Waals surface area contributed by atoms with Crippen molar-refractivity contribution in [3.05, 3.63) is 29.2 Å². The SMILES string of the molecule is Cc1cncc2oc(-c3c(Cl)nc(N)nc3NC3C[C@H](CO)C[C@H]3O)cc12. The first-order chi connectivity index (χ1) is 13.0. The molecule has 0 spiro atoms. The van der Waals surface area contributed by atoms with E-state index in [0.717, 1.165) is 10.9 Å². The van der Waals surface area contributed by atoms with Crippen molar-refractivity contribution >= 4 is 34.3 Å². The molecule has 1 aliphatic carbocycles. The van der Waals surface area contributed by atoms with Gasteiger partial charge < -0.3 is 25.7 Å². The summed E-state index contributed by atoms with van der Waals surface area (Å²) in [5.41, 5.74) is 7.85. The highest BCUT2D eigenvalue weighted by molar-refractivity contribution is 6.32. The van der Waals surface area contributed by atoms with Crippen molar-refractivity contribution in [2.24, 2.45) is 5.92 Å². The van der Waals surface area contributed by atoms with Crippen LogP contribution in [-0.2, 0) is 0 Å². The summed E-state index contributed by atoms with van der Waals surface area (Å²) in [6.07, 6.45) is 3.92. The van der Waals surface area contributed by atoms with Gasteiger partial charge >= 0.3 is 0 Å². The maximum absolute atomic E-state index is 10.3. The third kappa shape index (κ3) is 3.31. The van der Waals surface area contributed by atoms with E-state index in [-0.39, 0.29) is 29.7 Å². The third-order valence-corrected chi connectivity index (χ3v) is 5.25. The fraction of sp³-hybridized carbons (Fsp3) is 0.389. The van der Waals surface area contributed by atoms with Gasteiger partial charge in [-0.2, -0.15) is 4.98 Å². The molecule has 142 valence electrons. The van der Waals surface area contributed by atoms with E-state index in [1.54, 1.807) is 12.4 Å². The summed E-state index contributed by atoms with van der Waals surface area (Å²) in [5.74, 6) is 0.932. The number of furan rings is 1. The van der Waals surface area contributed by atoms with Gasteiger partial charge in [-0.15, -0.1) is 0 Å². The van der Waals surface area contributed by atoms with E-state index in [4.69, 9.17) is 21.8 Å². The molecule has 1 fully saturated rings. The zero-order chi connectivity index (χ0) is 19.1. The van der Waals surface area contributed by atoms with Gasteiger partial charge in [0.05, 0.1) is 23.9 Å². The molecule has 4 rings (SSSR count). The molecular weight excluding hydrogens is 370 g/mol. The smallest absolute Gasteiger partial charge is 0.223 e. The summed E-state index contributed by atoms with van der Waals surface area (Å²) >= 11 is 6.37. The second kappa shape index (κ2) is 6.95. The summed E-state index contributed by atoms with van der Waals surface area (Å²) in [4.78, 5) is 12.5. The second-order valence-electron chi connectivity index (χ2n) is 6.91. The molecule has 0 aliphatic heterocycles. The largest absolute Gasteiger partial charge is 0.454 e. The zero-order valence-corrected chi connectivity index (χ0v) is 15.4. The number of nitrogens with zero attached hydrogens (tertiary/aromatic N) is 3. The van der Waals surface area contributed by atoms with Crippen LogP contribution in [0.3, 0.4) is 0 Å². The predicted molar refractivity (Wildman–Crippen MR) is 102 cm³/mol. The molecule has 1 aliphatic rings. The molecule has 0 radical (unpaired) electrons. The van der Waals surface area contributed by atoms with Crippen molar-refractivity contribution in [1.29, 1.82) is 0 Å². The van der Waals surface area contributed by atoms with E-state index in [2.05, 4.69) is 20.3 Å². The average molecular weight is 390 g/mol. The van der Waals surface area contributed by atoms with E-state index in [0.29, 0.717) is 35.6 Å². The summed E-state index contributed by atoms with van der Waals surface area (Å²) < 4.78 is 5.92. The van der Waals surface area contributed by atoms with Crippen molar-refractivity contribution in [2.75, 3.05) is 17.7 Å². The molecule has 1 saturated carbocycles. The van der Waals surface area contributed by atoms with Gasteiger partial charge in [0.15, 0.2) is 5.58 Å². The Hall–Kier alpha value is -2.42. The molecule has 3 aromatic rings. The summed E-state index contributed by atoms with van der Waals surface area (Å²) in [5, 5.41) is 23.9. The highest BCUT2D eigenvalue weighted by atomic mass is 35.5. The lowest BCUT2D eigenvalue weighted by Gasteiger charge is -2.19. The molecule has 3 aromatic heterocycles. The number of hydrogen-bond acceptors (Lipinski definition) is 8. The van der Waals surface area contributed by atoms with Crippen LogP contribution in [0.1, 0.15) is 18.4 Å². The van der Waals surface area contributed by atoms with Crippen LogP contribution in [-0.4, -0.2) is 43.9 Å². The molecular formula is C18H20ClN5O3. The van der Waals surface area contributed by atoms with Gasteiger partial charge in [0, 0.05) is 18.2 Å². The van der Waals surface area contributed by atoms with Crippen molar-refractivity contribution in [2.45, 2.75) is 31.9 Å². The van der Waals surface area contributed by atoms with Crippen LogP contribution in [0.5, 0.6) is 0 Å². The number of nitrogen functional groups attached to an aromatic ring is 1. The lowest BCUT2D eigenvalue weighted by Crippen LogP contribution is -2.29. The van der Waals surface area contributed by atoms with Gasteiger partial charge in [-0.1, -0.05) is 11.6 Å². The monoisotopic (exact) mass is 389 g/mol. The van der Waals surface area contributed by atoms with Gasteiger partial charge in [0.1, 0.15) is 16.7 Å². The van der Waals surface area contributed by atoms with E-state index >= 15 is 0 Å². The Morgan fingerprint density at radius 1 is 1.33 bits per heavy atom. The second-order valence-corrected chi connectivity index (χ2v) is 7.27. The van der Waals surface area contributed by atoms with E-state index in [9.17, 15) is 10.2 Å². The quantitative estimate of drug-likeness (QED) is 0.500. The predicted octanol–water partition coefficient (Wildman–Crippen LogP) is 2.37. The number of aliphatic hydroxyl groups excluding tert-OH is 2. The van der Waals surface area contributed by atoms with E-state index in [1.165, 1.54) is 0 Å². The third-order valence-electron chi connectivity index (χ3n) is 4.98. The number of halogens is 1. The fourth-order valence-electron chi connectivity index (χ4n) is 3.59. The Morgan fingerprint density at radius 2 is 2.15 bits per heavy atom. The molecule has 1 unspecified atom stereocenters. The molecule has 27 heavy (non-hydrogen) atoms. The minimum Gasteiger partial charge on any atom is -0.454 e. The van der Waals surface area contributed by atoms with Gasteiger partial charge in [0.25, 0.3) is 0 Å². The number of pyridine rings is 1. The minimum absolute atomic E-state index is 0.0198. The maximum atomic E-state index is 10.3. The average Bonchev–Trinajstić information content (AvgIpc) is 3.19. The minimum atomic E-state index is -0.605. The molecule has 8 nitrogen and oxygen atoms in total. The molecule has 3 heterocycles. The number of anilines is 2. The van der Waals surface area contributed by atoms with Crippen molar-refractivity contribution < 1.29 is 14.6 Å². The number of hydrogen-bond donors (Lipinski definition) is 4. The van der Waals surface area contributed by atoms with Gasteiger partial charge in [0.2, 0.25) is 5.95 Å². The number of aryl methyl sites for hydroxylation is 1. The number of aromatic nitrogens is 3. The van der Waals surface area contributed by atoms with Crippen LogP contribution in [0.4, 0.5) is 11.8 Å². The normalized spacial score (nSPS) is 22.4. The number of nitrogens with one attached hydrogen (secondary N) is 1. The fourth-order valence-corrected chi connectivity index (χ4v) is 3.86. The first-order valence-electron chi connectivity index (χ1n) is 8.69. The zero-order valence-electron chi connectivity index (χ0n) is 14.7. The Morgan fingerprint density at radius 3 is 2.85 bits per heavy atom. The van der Waals surface area contributed by atoms with Gasteiger partial charge in [-0.3, -0.25) is 4.98 Å². The maximum Gasteiger partial charge on any atom is 0.223 e. The molecule has 0 aromatic carbocycles. The van der Waals surface area contributed by atoms with Gasteiger partial charge in [-0.05, 0) is 37.3 Å². The first-order valence-corrected chi connectivity index (χ1v) is 9.07. The standard InChI is InChI=1S/C18H20ClN5O3/c1-8-5-21-6-14-10(8)4-13(27-14)15-16(19)23-18(20)24-17(15)22-11-2-9(7-25)3-12(11)26/h4-6,9,11-12,25-26H,2-3,7H2,1H3,(H3,20,22,23,24)/t9-,11?,12+/m0/s1. The first kappa shape index (κ1) is 18.0. The van der Waals surface area contributed by atoms with Crippen molar-refractivity contribution in [3.63, 3.8) is 0 Å². The molecule has 5 N–H and O–H groups in total. The number of fused-ring (bicyclic) bond motifs is 1. The molecule has 3 atom stereocenters. The topological polar surface area (TPSA) is 130 Å². The Balaban J connectivity index is 1.77. The summed E-state index contributed by atoms with van der Waals surface area (Å²) in [6, 6.07) is 1.58. The highest BCUT2D eigenvalue weighted by Crippen LogP contribution is 2.38. The molecule has 0 saturated heterocycles. The van der Waals surface area contributed by atoms with Crippen LogP contribution < -0.4 is 11.1 Å². The van der Waals surface area contributed by atoms with Crippen LogP contribution in [0.2, 0.25) is 5.15 Å². The summed E-state index contributed by atoms with van der Waals surface area (Å²) in [7, 11) is 0. The molecule has 9 heteroatoms. The molecule has 0 bridgehead atoms. The van der Waals surface area contributed by atoms with Crippen LogP contribution >= 0.6 is 11.6 Å². The highest BCUT2D eigenvalue weighted by Gasteiger charge is 2.34. The van der Waals surface area contributed by atoms with Crippen LogP contribution in [0.25, 0.3) is 22.3 Å². The molecule has 0 amide bonds. The lowest BCUT2D eigenvalue weighted by atomic mass is 10.1. The van der Waals surface area contributed by atoms with Gasteiger partial charge in [-0.25, -0.2) is 4.98 Å². The number of nitrogens with two attached hydrogens (primary N) is 1. The van der Waals surface area contributed by atoms with Crippen LogP contribution in [0.15, 0.2) is 22.9 Å². The summed E-state index contributed by atoms with van der Waals surface area (Å²) in [6.45, 7) is 1.98. The van der Waals surface area contributed by atoms with E-state index < -0.39 is 6.10 Å². The Labute approximate surface area is 160 Å². The number of rotatable bonds is 4. The van der Waals surface area contributed by atoms with Crippen molar-refractivity contribution in [1.82, 2.24) is 15.0 Å².